The van der Waals surface area contributed by atoms with E-state index in [2.05, 4.69) is 43.2 Å². The Bertz CT molecular complexity index is 927. The number of hydrogen-bond acceptors (Lipinski definition) is 7. The molecule has 1 saturated carbocycles. The Hall–Kier alpha value is -1.76. The molecule has 30 heavy (non-hydrogen) atoms. The van der Waals surface area contributed by atoms with Gasteiger partial charge in [0.1, 0.15) is 10.7 Å². The van der Waals surface area contributed by atoms with Crippen LogP contribution in [-0.2, 0) is 14.8 Å². The minimum Gasteiger partial charge on any atom is -0.483 e. The van der Waals surface area contributed by atoms with E-state index in [9.17, 15) is 12.8 Å². The third-order valence-corrected chi connectivity index (χ3v) is 7.37. The highest BCUT2D eigenvalue weighted by Crippen LogP contribution is 2.32. The standard InChI is InChI=1S/C17H22BrFN4O2S2.CH2O2/c1-2-20-13-5-3-4-6-14(13)22-15-10-12(19)16(9-11(15)18)27(24,25)23-17-21-7-8-26-17;2-1-3/h7-10,13-14,20,22H,2-6H2,1H3,(H,21,23);1H,(H,2,3)/t13-,14-;/m0./s1. The van der Waals surface area contributed by atoms with Crippen LogP contribution in [0.5, 0.6) is 0 Å². The fourth-order valence-electron chi connectivity index (χ4n) is 3.30. The highest BCUT2D eigenvalue weighted by atomic mass is 79.9. The SMILES string of the molecule is CCN[C@H]1CCCC[C@@H]1Nc1cc(F)c(S(=O)(=O)Nc2nccs2)cc1Br.O=CO. The summed E-state index contributed by atoms with van der Waals surface area (Å²) < 4.78 is 42.4. The zero-order valence-corrected chi connectivity index (χ0v) is 19.5. The van der Waals surface area contributed by atoms with Crippen LogP contribution in [0.25, 0.3) is 0 Å². The van der Waals surface area contributed by atoms with E-state index in [1.54, 1.807) is 5.38 Å². The Labute approximate surface area is 187 Å². The van der Waals surface area contributed by atoms with Gasteiger partial charge in [-0.3, -0.25) is 9.52 Å². The van der Waals surface area contributed by atoms with E-state index < -0.39 is 20.7 Å². The molecule has 8 nitrogen and oxygen atoms in total. The third-order valence-electron chi connectivity index (χ3n) is 4.54. The summed E-state index contributed by atoms with van der Waals surface area (Å²) in [6.45, 7) is 2.69. The van der Waals surface area contributed by atoms with Gasteiger partial charge in [0.15, 0.2) is 5.13 Å². The van der Waals surface area contributed by atoms with E-state index in [0.717, 1.165) is 37.1 Å². The molecule has 0 radical (unpaired) electrons. The number of carboxylic acid groups (broad SMARTS) is 1. The van der Waals surface area contributed by atoms with Gasteiger partial charge in [0, 0.05) is 28.1 Å². The van der Waals surface area contributed by atoms with Crippen LogP contribution in [0, 0.1) is 5.82 Å². The van der Waals surface area contributed by atoms with Gasteiger partial charge in [-0.15, -0.1) is 11.3 Å². The summed E-state index contributed by atoms with van der Waals surface area (Å²) in [6.07, 6.45) is 5.81. The predicted molar refractivity (Wildman–Crippen MR) is 119 cm³/mol. The summed E-state index contributed by atoms with van der Waals surface area (Å²) in [5.41, 5.74) is 0.551. The number of thiazole rings is 1. The van der Waals surface area contributed by atoms with Crippen molar-refractivity contribution in [3.8, 4) is 0 Å². The largest absolute Gasteiger partial charge is 0.483 e. The molecule has 166 valence electrons. The molecule has 1 aromatic carbocycles. The molecule has 1 aromatic heterocycles. The molecule has 1 heterocycles. The van der Waals surface area contributed by atoms with Gasteiger partial charge in [-0.1, -0.05) is 19.8 Å². The van der Waals surface area contributed by atoms with Crippen molar-refractivity contribution < 1.29 is 22.7 Å². The Morgan fingerprint density at radius 2 is 2.00 bits per heavy atom. The molecule has 1 fully saturated rings. The monoisotopic (exact) mass is 522 g/mol. The number of likely N-dealkylation sites (N-methyl/N-ethyl adjacent to an activating group) is 1. The Kier molecular flexibility index (Phi) is 9.46. The summed E-state index contributed by atoms with van der Waals surface area (Å²) >= 11 is 4.51. The molecule has 0 amide bonds. The average molecular weight is 523 g/mol. The van der Waals surface area contributed by atoms with Crippen LogP contribution in [0.4, 0.5) is 15.2 Å². The summed E-state index contributed by atoms with van der Waals surface area (Å²) in [4.78, 5) is 11.8. The highest BCUT2D eigenvalue weighted by molar-refractivity contribution is 9.10. The van der Waals surface area contributed by atoms with Gasteiger partial charge in [-0.2, -0.15) is 0 Å². The number of hydrogen-bond donors (Lipinski definition) is 4. The molecule has 0 spiro atoms. The molecule has 0 unspecified atom stereocenters. The second kappa shape index (κ2) is 11.6. The lowest BCUT2D eigenvalue weighted by Crippen LogP contribution is -2.46. The minimum absolute atomic E-state index is 0.172. The number of benzene rings is 1. The topological polar surface area (TPSA) is 120 Å². The van der Waals surface area contributed by atoms with E-state index in [1.165, 1.54) is 24.8 Å². The second-order valence-electron chi connectivity index (χ2n) is 6.51. The Morgan fingerprint density at radius 1 is 1.33 bits per heavy atom. The van der Waals surface area contributed by atoms with E-state index in [4.69, 9.17) is 9.90 Å². The molecule has 2 aromatic rings. The van der Waals surface area contributed by atoms with Crippen LogP contribution in [0.1, 0.15) is 32.6 Å². The lowest BCUT2D eigenvalue weighted by molar-refractivity contribution is -0.122. The molecular weight excluding hydrogens is 499 g/mol. The first-order valence-corrected chi connectivity index (χ1v) is 12.5. The van der Waals surface area contributed by atoms with Crippen molar-refractivity contribution in [1.82, 2.24) is 10.3 Å². The minimum atomic E-state index is -4.05. The number of carbonyl (C=O) groups is 1. The number of rotatable bonds is 7. The van der Waals surface area contributed by atoms with Crippen LogP contribution in [0.15, 0.2) is 33.1 Å². The van der Waals surface area contributed by atoms with Crippen molar-refractivity contribution in [1.29, 1.82) is 0 Å². The van der Waals surface area contributed by atoms with Crippen molar-refractivity contribution in [2.24, 2.45) is 0 Å². The van der Waals surface area contributed by atoms with E-state index in [0.29, 0.717) is 16.2 Å². The number of sulfonamides is 1. The maximum atomic E-state index is 14.6. The quantitative estimate of drug-likeness (QED) is 0.407. The lowest BCUT2D eigenvalue weighted by Gasteiger charge is -2.33. The van der Waals surface area contributed by atoms with Crippen molar-refractivity contribution in [2.45, 2.75) is 49.6 Å². The molecule has 1 aliphatic carbocycles. The van der Waals surface area contributed by atoms with Crippen LogP contribution in [-0.4, -0.2) is 43.6 Å². The second-order valence-corrected chi connectivity index (χ2v) is 9.91. The molecule has 0 saturated heterocycles. The van der Waals surface area contributed by atoms with Gasteiger partial charge in [-0.05, 0) is 47.4 Å². The van der Waals surface area contributed by atoms with Gasteiger partial charge in [0.25, 0.3) is 16.5 Å². The van der Waals surface area contributed by atoms with Crippen molar-refractivity contribution in [3.05, 3.63) is 34.0 Å². The summed E-state index contributed by atoms with van der Waals surface area (Å²) in [5, 5.41) is 15.6. The molecule has 0 bridgehead atoms. The number of aromatic nitrogens is 1. The van der Waals surface area contributed by atoms with E-state index in [-0.39, 0.29) is 17.6 Å². The average Bonchev–Trinajstić information content (AvgIpc) is 3.19. The van der Waals surface area contributed by atoms with Crippen molar-refractivity contribution >= 4 is 54.6 Å². The van der Waals surface area contributed by atoms with Crippen LogP contribution in [0.2, 0.25) is 0 Å². The zero-order chi connectivity index (χ0) is 22.1. The Morgan fingerprint density at radius 3 is 2.60 bits per heavy atom. The van der Waals surface area contributed by atoms with Crippen LogP contribution in [0.3, 0.4) is 0 Å². The van der Waals surface area contributed by atoms with Gasteiger partial charge < -0.3 is 15.7 Å². The number of anilines is 2. The number of halogens is 2. The van der Waals surface area contributed by atoms with Crippen molar-refractivity contribution in [2.75, 3.05) is 16.6 Å². The fourth-order valence-corrected chi connectivity index (χ4v) is 5.78. The molecule has 1 aliphatic rings. The van der Waals surface area contributed by atoms with Gasteiger partial charge in [-0.25, -0.2) is 17.8 Å². The molecule has 2 atom stereocenters. The highest BCUT2D eigenvalue weighted by Gasteiger charge is 2.27. The normalized spacial score (nSPS) is 18.8. The summed E-state index contributed by atoms with van der Waals surface area (Å²) in [5.74, 6) is -0.805. The smallest absolute Gasteiger partial charge is 0.290 e. The van der Waals surface area contributed by atoms with Crippen LogP contribution >= 0.6 is 27.3 Å². The molecule has 3 rings (SSSR count). The first kappa shape index (κ1) is 24.5. The number of nitrogens with zero attached hydrogens (tertiary/aromatic N) is 1. The molecule has 12 heteroatoms. The predicted octanol–water partition coefficient (Wildman–Crippen LogP) is 3.88. The lowest BCUT2D eigenvalue weighted by atomic mass is 9.90. The van der Waals surface area contributed by atoms with E-state index >= 15 is 0 Å². The third kappa shape index (κ3) is 6.62. The molecule has 4 N–H and O–H groups in total. The first-order chi connectivity index (χ1) is 14.3. The van der Waals surface area contributed by atoms with Crippen molar-refractivity contribution in [3.63, 3.8) is 0 Å². The summed E-state index contributed by atoms with van der Waals surface area (Å²) in [6, 6.07) is 3.01. The Balaban J connectivity index is 0.00000101. The van der Waals surface area contributed by atoms with Gasteiger partial charge in [0.2, 0.25) is 0 Å². The fraction of sp³-hybridized carbons (Fsp3) is 0.444. The van der Waals surface area contributed by atoms with E-state index in [1.807, 2.05) is 0 Å². The van der Waals surface area contributed by atoms with Crippen LogP contribution < -0.4 is 15.4 Å². The summed E-state index contributed by atoms with van der Waals surface area (Å²) in [7, 11) is -4.05. The van der Waals surface area contributed by atoms with Gasteiger partial charge in [0.05, 0.1) is 5.69 Å². The van der Waals surface area contributed by atoms with Gasteiger partial charge >= 0.3 is 0 Å². The molecular formula is C18H24BrFN4O4S2. The first-order valence-electron chi connectivity index (χ1n) is 9.31. The number of nitrogens with one attached hydrogen (secondary N) is 3. The maximum Gasteiger partial charge on any atom is 0.290 e. The zero-order valence-electron chi connectivity index (χ0n) is 16.3. The molecule has 0 aliphatic heterocycles. The maximum absolute atomic E-state index is 14.6.